The minimum absolute atomic E-state index is 0.350. The topological polar surface area (TPSA) is 19.9 Å². The third-order valence-corrected chi connectivity index (χ3v) is 2.65. The van der Waals surface area contributed by atoms with E-state index >= 15 is 0 Å². The van der Waals surface area contributed by atoms with Crippen molar-refractivity contribution >= 4 is 0 Å². The number of hydrogen-bond acceptors (Lipinski definition) is 0. The molecule has 17 heavy (non-hydrogen) atoms. The first-order chi connectivity index (χ1) is 8.22. The molecule has 0 aliphatic carbocycles. The van der Waals surface area contributed by atoms with Gasteiger partial charge in [0.15, 0.2) is 0 Å². The molecule has 0 fully saturated rings. The van der Waals surface area contributed by atoms with Crippen molar-refractivity contribution in [1.82, 2.24) is 0 Å². The molecule has 0 spiro atoms. The summed E-state index contributed by atoms with van der Waals surface area (Å²) in [6.07, 6.45) is 0.361. The van der Waals surface area contributed by atoms with Crippen molar-refractivity contribution in [2.45, 2.75) is 13.0 Å². The van der Waals surface area contributed by atoms with Crippen molar-refractivity contribution in [3.05, 3.63) is 70.8 Å². The Labute approximate surface area is 98.3 Å². The first kappa shape index (κ1) is 11.7. The highest BCUT2D eigenvalue weighted by Crippen LogP contribution is 2.19. The van der Waals surface area contributed by atoms with Crippen LogP contribution in [0.3, 0.4) is 0 Å². The summed E-state index contributed by atoms with van der Waals surface area (Å²) in [4.78, 5) is 0. The lowest BCUT2D eigenvalue weighted by atomic mass is 10.0. The van der Waals surface area contributed by atoms with Gasteiger partial charge in [0.05, 0.1) is 5.56 Å². The number of benzene rings is 2. The van der Waals surface area contributed by atoms with Gasteiger partial charge in [-0.25, -0.2) is 13.9 Å². The molecule has 0 N–H and O–H groups in total. The van der Waals surface area contributed by atoms with E-state index in [1.807, 2.05) is 30.3 Å². The highest BCUT2D eigenvalue weighted by atomic mass is 19.1. The second-order valence-corrected chi connectivity index (χ2v) is 3.81. The molecule has 2 aromatic rings. The quantitative estimate of drug-likeness (QED) is 0.773. The summed E-state index contributed by atoms with van der Waals surface area (Å²) in [5, 5.41) is 10.7. The molecular weight excluding hydrogens is 222 g/mol. The Morgan fingerprint density at radius 2 is 1.65 bits per heavy atom. The van der Waals surface area contributed by atoms with Gasteiger partial charge in [-0.05, 0) is 17.2 Å². The van der Waals surface area contributed by atoms with Crippen molar-refractivity contribution < 1.29 is 13.9 Å². The fraction of sp³-hybridized carbons (Fsp3) is 0.143. The largest absolute Gasteiger partial charge is 0.231 e. The van der Waals surface area contributed by atoms with Gasteiger partial charge in [-0.15, -0.1) is 0 Å². The van der Waals surface area contributed by atoms with Crippen LogP contribution >= 0.6 is 0 Å². The third kappa shape index (κ3) is 2.50. The second-order valence-electron chi connectivity index (χ2n) is 3.81. The molecule has 0 atom stereocenters. The maximum absolute atomic E-state index is 13.8. The summed E-state index contributed by atoms with van der Waals surface area (Å²) in [6.45, 7) is -0.875. The number of halogens is 2. The summed E-state index contributed by atoms with van der Waals surface area (Å²) in [6, 6.07) is 11.8. The maximum Gasteiger partial charge on any atom is 0.135 e. The molecule has 1 radical (unpaired) electrons. The van der Waals surface area contributed by atoms with Crippen molar-refractivity contribution in [3.8, 4) is 0 Å². The third-order valence-electron chi connectivity index (χ3n) is 2.65. The van der Waals surface area contributed by atoms with Crippen LogP contribution in [0.4, 0.5) is 8.78 Å². The predicted octanol–water partition coefficient (Wildman–Crippen LogP) is 3.49. The van der Waals surface area contributed by atoms with Crippen LogP contribution in [0.25, 0.3) is 0 Å². The van der Waals surface area contributed by atoms with E-state index in [4.69, 9.17) is 0 Å². The van der Waals surface area contributed by atoms with Crippen LogP contribution in [0.1, 0.15) is 16.7 Å². The van der Waals surface area contributed by atoms with E-state index in [0.29, 0.717) is 12.0 Å². The Morgan fingerprint density at radius 3 is 2.29 bits per heavy atom. The zero-order valence-corrected chi connectivity index (χ0v) is 9.12. The molecule has 3 heteroatoms. The normalized spacial score (nSPS) is 10.5. The van der Waals surface area contributed by atoms with Gasteiger partial charge in [0.25, 0.3) is 0 Å². The molecule has 0 amide bonds. The van der Waals surface area contributed by atoms with Crippen LogP contribution in [-0.2, 0) is 18.1 Å². The van der Waals surface area contributed by atoms with Crippen molar-refractivity contribution in [2.75, 3.05) is 0 Å². The van der Waals surface area contributed by atoms with Crippen molar-refractivity contribution in [1.29, 1.82) is 0 Å². The van der Waals surface area contributed by atoms with Crippen LogP contribution in [-0.4, -0.2) is 0 Å². The molecule has 0 aromatic heterocycles. The molecule has 2 rings (SSSR count). The van der Waals surface area contributed by atoms with Gasteiger partial charge >= 0.3 is 0 Å². The van der Waals surface area contributed by atoms with Crippen molar-refractivity contribution in [2.24, 2.45) is 0 Å². The van der Waals surface area contributed by atoms with Gasteiger partial charge in [-0.2, -0.15) is 0 Å². The van der Waals surface area contributed by atoms with Gasteiger partial charge in [-0.1, -0.05) is 36.4 Å². The average Bonchev–Trinajstić information content (AvgIpc) is 2.35. The molecule has 0 heterocycles. The summed E-state index contributed by atoms with van der Waals surface area (Å²) >= 11 is 0. The molecule has 0 saturated heterocycles. The van der Waals surface area contributed by atoms with Gasteiger partial charge in [-0.3, -0.25) is 0 Å². The first-order valence-corrected chi connectivity index (χ1v) is 5.30. The Balaban J connectivity index is 2.34. The first-order valence-electron chi connectivity index (χ1n) is 5.30. The predicted molar refractivity (Wildman–Crippen MR) is 60.0 cm³/mol. The zero-order valence-electron chi connectivity index (χ0n) is 9.12. The summed E-state index contributed by atoms with van der Waals surface area (Å²) in [7, 11) is 0. The zero-order chi connectivity index (χ0) is 12.3. The SMILES string of the molecule is [O]Cc1c(F)ccc(Cc2ccccc2)c1F. The second kappa shape index (κ2) is 5.06. The molecule has 0 aliphatic rings. The molecule has 1 nitrogen and oxygen atoms in total. The lowest BCUT2D eigenvalue weighted by Gasteiger charge is -2.07. The Hall–Kier alpha value is -1.74. The average molecular weight is 233 g/mol. The van der Waals surface area contributed by atoms with Crippen LogP contribution in [0, 0.1) is 11.6 Å². The number of hydrogen-bond donors (Lipinski definition) is 0. The molecule has 2 aromatic carbocycles. The Kier molecular flexibility index (Phi) is 3.49. The Bertz CT molecular complexity index is 509. The summed E-state index contributed by atoms with van der Waals surface area (Å²) < 4.78 is 26.9. The van der Waals surface area contributed by atoms with Crippen LogP contribution in [0.5, 0.6) is 0 Å². The highest BCUT2D eigenvalue weighted by molar-refractivity contribution is 5.31. The number of rotatable bonds is 3. The smallest absolute Gasteiger partial charge is 0.135 e. The molecular formula is C14H11F2O. The van der Waals surface area contributed by atoms with E-state index in [0.717, 1.165) is 11.6 Å². The van der Waals surface area contributed by atoms with Gasteiger partial charge in [0.2, 0.25) is 0 Å². The maximum atomic E-state index is 13.8. The molecule has 0 unspecified atom stereocenters. The van der Waals surface area contributed by atoms with E-state index in [9.17, 15) is 13.9 Å². The standard InChI is InChI=1S/C14H11F2O/c15-13-7-6-11(14(16)12(13)9-17)8-10-4-2-1-3-5-10/h1-7H,8-9H2. The van der Waals surface area contributed by atoms with E-state index in [-0.39, 0.29) is 5.56 Å². The van der Waals surface area contributed by atoms with Gasteiger partial charge in [0.1, 0.15) is 18.2 Å². The van der Waals surface area contributed by atoms with E-state index in [1.54, 1.807) is 0 Å². The van der Waals surface area contributed by atoms with Gasteiger partial charge in [0, 0.05) is 6.42 Å². The summed E-state index contributed by atoms with van der Waals surface area (Å²) in [5.41, 5.74) is 0.900. The molecule has 87 valence electrons. The van der Waals surface area contributed by atoms with E-state index < -0.39 is 18.2 Å². The fourth-order valence-electron chi connectivity index (χ4n) is 1.73. The fourth-order valence-corrected chi connectivity index (χ4v) is 1.73. The van der Waals surface area contributed by atoms with Crippen LogP contribution in [0.2, 0.25) is 0 Å². The lowest BCUT2D eigenvalue weighted by Crippen LogP contribution is -2.00. The Morgan fingerprint density at radius 1 is 0.941 bits per heavy atom. The lowest BCUT2D eigenvalue weighted by molar-refractivity contribution is 0.169. The van der Waals surface area contributed by atoms with E-state index in [1.165, 1.54) is 6.07 Å². The monoisotopic (exact) mass is 233 g/mol. The van der Waals surface area contributed by atoms with E-state index in [2.05, 4.69) is 0 Å². The van der Waals surface area contributed by atoms with Crippen molar-refractivity contribution in [3.63, 3.8) is 0 Å². The summed E-state index contributed by atoms with van der Waals surface area (Å²) in [5.74, 6) is -1.49. The minimum atomic E-state index is -0.875. The highest BCUT2D eigenvalue weighted by Gasteiger charge is 2.13. The van der Waals surface area contributed by atoms with Crippen LogP contribution in [0.15, 0.2) is 42.5 Å². The molecule has 0 bridgehead atoms. The van der Waals surface area contributed by atoms with Gasteiger partial charge < -0.3 is 0 Å². The molecule has 0 aliphatic heterocycles. The van der Waals surface area contributed by atoms with Crippen LogP contribution < -0.4 is 0 Å². The molecule has 0 saturated carbocycles. The minimum Gasteiger partial charge on any atom is -0.231 e.